The van der Waals surface area contributed by atoms with Gasteiger partial charge < -0.3 is 15.0 Å². The molecule has 1 atom stereocenters. The Morgan fingerprint density at radius 2 is 2.25 bits per heavy atom. The number of benzene rings is 1. The zero-order chi connectivity index (χ0) is 14.3. The number of nitrogens with one attached hydrogen (secondary N) is 2. The van der Waals surface area contributed by atoms with Gasteiger partial charge in [-0.15, -0.1) is 0 Å². The summed E-state index contributed by atoms with van der Waals surface area (Å²) in [5.74, 6) is 0.485. The molecular formula is C14H14Cl2N2O2. The number of aromatic amines is 1. The highest BCUT2D eigenvalue weighted by Crippen LogP contribution is 2.32. The minimum Gasteiger partial charge on any atom is -0.497 e. The SMILES string of the molecule is COc1ccc2[nH]c3c(c2c1)CC(NC(=O)C(Cl)Cl)C3. The van der Waals surface area contributed by atoms with Gasteiger partial charge >= 0.3 is 0 Å². The standard InChI is InChI=1S/C14H14Cl2N2O2/c1-20-8-2-3-11-10(6-8)9-4-7(5-12(9)18-11)17-14(19)13(15)16/h2-3,6-7,13,18H,4-5H2,1H3,(H,17,19). The Morgan fingerprint density at radius 1 is 1.45 bits per heavy atom. The number of rotatable bonds is 3. The molecule has 0 bridgehead atoms. The van der Waals surface area contributed by atoms with Crippen LogP contribution >= 0.6 is 23.2 Å². The summed E-state index contributed by atoms with van der Waals surface area (Å²) in [6.07, 6.45) is 1.54. The second kappa shape index (κ2) is 5.19. The van der Waals surface area contributed by atoms with Gasteiger partial charge in [-0.05, 0) is 30.2 Å². The monoisotopic (exact) mass is 312 g/mol. The van der Waals surface area contributed by atoms with Crippen molar-refractivity contribution in [3.8, 4) is 5.75 Å². The van der Waals surface area contributed by atoms with Gasteiger partial charge in [0, 0.05) is 29.1 Å². The molecule has 0 saturated carbocycles. The fourth-order valence-electron chi connectivity index (χ4n) is 2.75. The van der Waals surface area contributed by atoms with E-state index < -0.39 is 4.84 Å². The van der Waals surface area contributed by atoms with Crippen LogP contribution in [0, 0.1) is 0 Å². The van der Waals surface area contributed by atoms with E-state index >= 15 is 0 Å². The van der Waals surface area contributed by atoms with Crippen LogP contribution in [0.2, 0.25) is 0 Å². The minimum absolute atomic E-state index is 0.0411. The first-order valence-corrected chi connectivity index (χ1v) is 7.21. The summed E-state index contributed by atoms with van der Waals surface area (Å²) in [5.41, 5.74) is 3.47. The lowest BCUT2D eigenvalue weighted by molar-refractivity contribution is -0.120. The molecule has 1 heterocycles. The number of fused-ring (bicyclic) bond motifs is 3. The normalized spacial score (nSPS) is 17.5. The second-order valence-electron chi connectivity index (χ2n) is 4.91. The first-order chi connectivity index (χ1) is 9.58. The van der Waals surface area contributed by atoms with Crippen LogP contribution < -0.4 is 10.1 Å². The maximum atomic E-state index is 11.5. The molecule has 0 radical (unpaired) electrons. The van der Waals surface area contributed by atoms with Crippen LogP contribution in [-0.4, -0.2) is 28.9 Å². The molecule has 106 valence electrons. The van der Waals surface area contributed by atoms with E-state index in [1.54, 1.807) is 7.11 Å². The molecule has 1 aromatic heterocycles. The van der Waals surface area contributed by atoms with Crippen molar-refractivity contribution in [3.05, 3.63) is 29.5 Å². The highest BCUT2D eigenvalue weighted by atomic mass is 35.5. The first-order valence-electron chi connectivity index (χ1n) is 6.34. The Kier molecular flexibility index (Phi) is 3.52. The lowest BCUT2D eigenvalue weighted by atomic mass is 10.1. The summed E-state index contributed by atoms with van der Waals surface area (Å²) in [4.78, 5) is 13.9. The van der Waals surface area contributed by atoms with Gasteiger partial charge in [0.1, 0.15) is 5.75 Å². The fraction of sp³-hybridized carbons (Fsp3) is 0.357. The number of carbonyl (C=O) groups is 1. The zero-order valence-electron chi connectivity index (χ0n) is 10.9. The van der Waals surface area contributed by atoms with Crippen LogP contribution in [0.1, 0.15) is 11.3 Å². The fourth-order valence-corrected chi connectivity index (χ4v) is 2.87. The number of H-pyrrole nitrogens is 1. The van der Waals surface area contributed by atoms with Crippen LogP contribution in [0.3, 0.4) is 0 Å². The predicted molar refractivity (Wildman–Crippen MR) is 79.7 cm³/mol. The third kappa shape index (κ3) is 2.34. The Hall–Kier alpha value is -1.39. The van der Waals surface area contributed by atoms with Gasteiger partial charge in [0.2, 0.25) is 0 Å². The molecule has 1 aliphatic rings. The predicted octanol–water partition coefficient (Wildman–Crippen LogP) is 2.56. The van der Waals surface area contributed by atoms with Gasteiger partial charge in [-0.2, -0.15) is 0 Å². The summed E-state index contributed by atoms with van der Waals surface area (Å²) >= 11 is 11.1. The molecule has 1 unspecified atom stereocenters. The molecule has 6 heteroatoms. The van der Waals surface area contributed by atoms with E-state index in [-0.39, 0.29) is 11.9 Å². The van der Waals surface area contributed by atoms with Gasteiger partial charge in [-0.3, -0.25) is 4.79 Å². The third-order valence-corrected chi connectivity index (χ3v) is 4.04. The maximum absolute atomic E-state index is 11.5. The number of methoxy groups -OCH3 is 1. The number of halogens is 2. The van der Waals surface area contributed by atoms with Gasteiger partial charge in [0.15, 0.2) is 4.84 Å². The van der Waals surface area contributed by atoms with Crippen LogP contribution in [0.5, 0.6) is 5.75 Å². The lowest BCUT2D eigenvalue weighted by Gasteiger charge is -2.12. The maximum Gasteiger partial charge on any atom is 0.253 e. The molecule has 2 aromatic rings. The molecule has 3 rings (SSSR count). The number of hydrogen-bond donors (Lipinski definition) is 2. The molecule has 2 N–H and O–H groups in total. The highest BCUT2D eigenvalue weighted by molar-refractivity contribution is 6.53. The van der Waals surface area contributed by atoms with E-state index in [1.165, 1.54) is 5.56 Å². The van der Waals surface area contributed by atoms with Crippen LogP contribution in [0.15, 0.2) is 18.2 Å². The molecule has 20 heavy (non-hydrogen) atoms. The van der Waals surface area contributed by atoms with E-state index in [4.69, 9.17) is 27.9 Å². The smallest absolute Gasteiger partial charge is 0.253 e. The molecule has 0 fully saturated rings. The van der Waals surface area contributed by atoms with Gasteiger partial charge in [-0.1, -0.05) is 23.2 Å². The van der Waals surface area contributed by atoms with E-state index in [0.29, 0.717) is 0 Å². The molecule has 1 amide bonds. The second-order valence-corrected chi connectivity index (χ2v) is 6.00. The molecule has 1 aromatic carbocycles. The molecule has 0 spiro atoms. The molecule has 0 aliphatic heterocycles. The average molecular weight is 313 g/mol. The van der Waals surface area contributed by atoms with E-state index in [1.807, 2.05) is 18.2 Å². The van der Waals surface area contributed by atoms with E-state index in [9.17, 15) is 4.79 Å². The van der Waals surface area contributed by atoms with Crippen LogP contribution in [0.25, 0.3) is 10.9 Å². The van der Waals surface area contributed by atoms with Gasteiger partial charge in [0.25, 0.3) is 5.91 Å². The third-order valence-electron chi connectivity index (χ3n) is 3.65. The van der Waals surface area contributed by atoms with Crippen molar-refractivity contribution in [1.82, 2.24) is 10.3 Å². The lowest BCUT2D eigenvalue weighted by Crippen LogP contribution is -2.38. The highest BCUT2D eigenvalue weighted by Gasteiger charge is 2.27. The van der Waals surface area contributed by atoms with E-state index in [2.05, 4.69) is 10.3 Å². The van der Waals surface area contributed by atoms with Crippen molar-refractivity contribution in [2.24, 2.45) is 0 Å². The van der Waals surface area contributed by atoms with Crippen molar-refractivity contribution in [3.63, 3.8) is 0 Å². The number of amides is 1. The largest absolute Gasteiger partial charge is 0.497 e. The topological polar surface area (TPSA) is 54.1 Å². The Bertz CT molecular complexity index is 666. The summed E-state index contributed by atoms with van der Waals surface area (Å²) in [7, 11) is 1.65. The van der Waals surface area contributed by atoms with Gasteiger partial charge in [-0.25, -0.2) is 0 Å². The molecule has 0 saturated heterocycles. The number of hydrogen-bond acceptors (Lipinski definition) is 2. The summed E-state index contributed by atoms with van der Waals surface area (Å²) in [6, 6.07) is 5.99. The Labute approximate surface area is 126 Å². The quantitative estimate of drug-likeness (QED) is 0.856. The molecule has 1 aliphatic carbocycles. The Morgan fingerprint density at radius 3 is 2.95 bits per heavy atom. The van der Waals surface area contributed by atoms with Crippen molar-refractivity contribution in [2.75, 3.05) is 7.11 Å². The number of ether oxygens (including phenoxy) is 1. The zero-order valence-corrected chi connectivity index (χ0v) is 12.4. The van der Waals surface area contributed by atoms with E-state index in [0.717, 1.165) is 35.2 Å². The minimum atomic E-state index is -1.02. The van der Waals surface area contributed by atoms with Crippen molar-refractivity contribution >= 4 is 40.0 Å². The average Bonchev–Trinajstić information content (AvgIpc) is 2.95. The summed E-state index contributed by atoms with van der Waals surface area (Å²) in [5, 5.41) is 3.99. The van der Waals surface area contributed by atoms with Gasteiger partial charge in [0.05, 0.1) is 7.11 Å². The number of carbonyl (C=O) groups excluding carboxylic acids is 1. The molecule has 4 nitrogen and oxygen atoms in total. The van der Waals surface area contributed by atoms with Crippen LogP contribution in [0.4, 0.5) is 0 Å². The van der Waals surface area contributed by atoms with Crippen LogP contribution in [-0.2, 0) is 17.6 Å². The van der Waals surface area contributed by atoms with Crippen molar-refractivity contribution in [1.29, 1.82) is 0 Å². The summed E-state index contributed by atoms with van der Waals surface area (Å²) in [6.45, 7) is 0. The van der Waals surface area contributed by atoms with Crippen molar-refractivity contribution in [2.45, 2.75) is 23.7 Å². The number of alkyl halides is 2. The van der Waals surface area contributed by atoms with Crippen molar-refractivity contribution < 1.29 is 9.53 Å². The first kappa shape index (κ1) is 13.6. The number of aromatic nitrogens is 1. The Balaban J connectivity index is 1.85. The summed E-state index contributed by atoms with van der Waals surface area (Å²) < 4.78 is 5.26. The molecular weight excluding hydrogens is 299 g/mol.